The highest BCUT2D eigenvalue weighted by atomic mass is 32.1. The van der Waals surface area contributed by atoms with Crippen molar-refractivity contribution in [2.24, 2.45) is 0 Å². The van der Waals surface area contributed by atoms with Crippen LogP contribution in [0, 0.1) is 6.92 Å². The number of fused-ring (bicyclic) bond motifs is 2. The number of carbonyl (C=O) groups excluding carboxylic acids is 1. The van der Waals surface area contributed by atoms with Gasteiger partial charge >= 0.3 is 5.97 Å². The molecule has 2 aromatic heterocycles. The normalized spacial score (nSPS) is 11.2. The van der Waals surface area contributed by atoms with Gasteiger partial charge in [0.1, 0.15) is 9.71 Å². The molecule has 0 aliphatic carbocycles. The highest BCUT2D eigenvalue weighted by Gasteiger charge is 2.23. The molecule has 2 N–H and O–H groups in total. The maximum absolute atomic E-state index is 13.1. The Labute approximate surface area is 159 Å². The maximum Gasteiger partial charge on any atom is 0.350 e. The average Bonchev–Trinajstić information content (AvgIpc) is 3.01. The molecule has 0 saturated heterocycles. The van der Waals surface area contributed by atoms with Crippen LogP contribution >= 0.6 is 11.3 Å². The molecule has 2 aromatic carbocycles. The van der Waals surface area contributed by atoms with Crippen LogP contribution in [0.5, 0.6) is 0 Å². The van der Waals surface area contributed by atoms with Crippen LogP contribution in [0.4, 0.5) is 5.69 Å². The van der Waals surface area contributed by atoms with Gasteiger partial charge in [0.25, 0.3) is 0 Å². The van der Waals surface area contributed by atoms with Crippen molar-refractivity contribution >= 4 is 44.1 Å². The van der Waals surface area contributed by atoms with Crippen molar-refractivity contribution in [3.8, 4) is 5.69 Å². The highest BCUT2D eigenvalue weighted by molar-refractivity contribution is 7.21. The summed E-state index contributed by atoms with van der Waals surface area (Å²) in [5.41, 5.74) is 9.05. The fraction of sp³-hybridized carbons (Fsp3) is 0.143. The van der Waals surface area contributed by atoms with Crippen LogP contribution in [0.25, 0.3) is 26.8 Å². The number of thiophene rings is 1. The quantitative estimate of drug-likeness (QED) is 0.540. The zero-order valence-electron chi connectivity index (χ0n) is 15.0. The molecule has 4 aromatic rings. The van der Waals surface area contributed by atoms with Gasteiger partial charge in [0.15, 0.2) is 5.43 Å². The van der Waals surface area contributed by atoms with Gasteiger partial charge in [0.2, 0.25) is 0 Å². The number of para-hydroxylation sites is 1. The Balaban J connectivity index is 2.17. The van der Waals surface area contributed by atoms with Crippen LogP contribution in [-0.4, -0.2) is 17.1 Å². The van der Waals surface area contributed by atoms with Crippen LogP contribution in [0.15, 0.2) is 53.3 Å². The Kier molecular flexibility index (Phi) is 4.20. The zero-order chi connectivity index (χ0) is 19.1. The van der Waals surface area contributed by atoms with E-state index < -0.39 is 5.97 Å². The number of rotatable bonds is 3. The molecule has 0 radical (unpaired) electrons. The molecule has 4 rings (SSSR count). The largest absolute Gasteiger partial charge is 0.462 e. The summed E-state index contributed by atoms with van der Waals surface area (Å²) in [7, 11) is 0. The maximum atomic E-state index is 13.1. The van der Waals surface area contributed by atoms with E-state index in [1.54, 1.807) is 13.0 Å². The van der Waals surface area contributed by atoms with E-state index in [4.69, 9.17) is 10.5 Å². The number of aryl methyl sites for hydroxylation is 1. The smallest absolute Gasteiger partial charge is 0.350 e. The fourth-order valence-electron chi connectivity index (χ4n) is 3.21. The average molecular weight is 378 g/mol. The summed E-state index contributed by atoms with van der Waals surface area (Å²) in [6.07, 6.45) is 0. The lowest BCUT2D eigenvalue weighted by Gasteiger charge is -2.13. The first-order valence-corrected chi connectivity index (χ1v) is 9.44. The van der Waals surface area contributed by atoms with E-state index in [0.717, 1.165) is 16.8 Å². The number of pyridine rings is 1. The molecule has 27 heavy (non-hydrogen) atoms. The monoisotopic (exact) mass is 378 g/mol. The van der Waals surface area contributed by atoms with Gasteiger partial charge in [0, 0.05) is 11.1 Å². The summed E-state index contributed by atoms with van der Waals surface area (Å²) in [5, 5.41) is 0.924. The van der Waals surface area contributed by atoms with Crippen molar-refractivity contribution < 1.29 is 9.53 Å². The summed E-state index contributed by atoms with van der Waals surface area (Å²) in [6, 6.07) is 15.4. The Morgan fingerprint density at radius 1 is 1.15 bits per heavy atom. The predicted molar refractivity (Wildman–Crippen MR) is 110 cm³/mol. The van der Waals surface area contributed by atoms with Gasteiger partial charge in [-0.2, -0.15) is 0 Å². The van der Waals surface area contributed by atoms with Crippen LogP contribution in [0.2, 0.25) is 0 Å². The molecular formula is C21H18N2O3S. The molecule has 0 aliphatic heterocycles. The number of aromatic nitrogens is 1. The van der Waals surface area contributed by atoms with Gasteiger partial charge in [-0.1, -0.05) is 29.8 Å². The topological polar surface area (TPSA) is 74.3 Å². The number of nitrogens with zero attached hydrogens (tertiary/aromatic N) is 1. The molecule has 0 bridgehead atoms. The third kappa shape index (κ3) is 2.69. The second-order valence-corrected chi connectivity index (χ2v) is 7.26. The van der Waals surface area contributed by atoms with Crippen LogP contribution < -0.4 is 11.2 Å². The van der Waals surface area contributed by atoms with Gasteiger partial charge in [-0.15, -0.1) is 11.3 Å². The standard InChI is InChI=1S/C21H18N2O3S/c1-3-26-21(25)19-17(22)16-18(24)14-6-4-5-7-15(14)23(20(16)27-19)13-10-8-12(2)9-11-13/h4-11H,3,22H2,1-2H3. The third-order valence-electron chi connectivity index (χ3n) is 4.50. The van der Waals surface area contributed by atoms with E-state index >= 15 is 0 Å². The van der Waals surface area contributed by atoms with Crippen molar-refractivity contribution in [2.45, 2.75) is 13.8 Å². The van der Waals surface area contributed by atoms with Gasteiger partial charge in [-0.05, 0) is 38.1 Å². The summed E-state index contributed by atoms with van der Waals surface area (Å²) in [4.78, 5) is 26.3. The number of hydrogen-bond donors (Lipinski definition) is 1. The van der Waals surface area contributed by atoms with Crippen LogP contribution in [-0.2, 0) is 4.74 Å². The van der Waals surface area contributed by atoms with Crippen molar-refractivity contribution in [3.63, 3.8) is 0 Å². The summed E-state index contributed by atoms with van der Waals surface area (Å²) in [5.74, 6) is -0.505. The van der Waals surface area contributed by atoms with Crippen molar-refractivity contribution in [1.29, 1.82) is 0 Å². The first-order valence-electron chi connectivity index (χ1n) is 8.62. The van der Waals surface area contributed by atoms with E-state index in [1.165, 1.54) is 11.3 Å². The van der Waals surface area contributed by atoms with E-state index in [-0.39, 0.29) is 22.6 Å². The third-order valence-corrected chi connectivity index (χ3v) is 5.67. The molecule has 0 aliphatic rings. The fourth-order valence-corrected chi connectivity index (χ4v) is 4.36. The van der Waals surface area contributed by atoms with Gasteiger partial charge < -0.3 is 15.0 Å². The molecule has 136 valence electrons. The van der Waals surface area contributed by atoms with Crippen LogP contribution in [0.3, 0.4) is 0 Å². The predicted octanol–water partition coefficient (Wildman–Crippen LogP) is 4.27. The van der Waals surface area contributed by atoms with Gasteiger partial charge in [0.05, 0.1) is 23.2 Å². The minimum absolute atomic E-state index is 0.173. The summed E-state index contributed by atoms with van der Waals surface area (Å²) >= 11 is 1.19. The summed E-state index contributed by atoms with van der Waals surface area (Å²) < 4.78 is 7.10. The lowest BCUT2D eigenvalue weighted by molar-refractivity contribution is 0.0533. The van der Waals surface area contributed by atoms with E-state index in [9.17, 15) is 9.59 Å². The Bertz CT molecular complexity index is 1240. The number of ether oxygens (including phenoxy) is 1. The second kappa shape index (κ2) is 6.55. The first-order chi connectivity index (χ1) is 13.0. The van der Waals surface area contributed by atoms with Gasteiger partial charge in [-0.25, -0.2) is 4.79 Å². The SMILES string of the molecule is CCOC(=O)c1sc2c(c1N)c(=O)c1ccccc1n2-c1ccc(C)cc1. The number of benzene rings is 2. The van der Waals surface area contributed by atoms with Crippen molar-refractivity contribution in [2.75, 3.05) is 12.3 Å². The molecule has 0 saturated carbocycles. The second-order valence-electron chi connectivity index (χ2n) is 6.26. The molecule has 0 atom stereocenters. The number of hydrogen-bond acceptors (Lipinski definition) is 5. The lowest BCUT2D eigenvalue weighted by atomic mass is 10.1. The Morgan fingerprint density at radius 3 is 2.56 bits per heavy atom. The molecule has 0 amide bonds. The zero-order valence-corrected chi connectivity index (χ0v) is 15.8. The molecular weight excluding hydrogens is 360 g/mol. The number of esters is 1. The molecule has 6 heteroatoms. The summed E-state index contributed by atoms with van der Waals surface area (Å²) in [6.45, 7) is 4.00. The Morgan fingerprint density at radius 2 is 1.85 bits per heavy atom. The number of anilines is 1. The first kappa shape index (κ1) is 17.3. The number of carbonyl (C=O) groups is 1. The molecule has 2 heterocycles. The minimum atomic E-state index is -0.505. The Hall–Kier alpha value is -3.12. The minimum Gasteiger partial charge on any atom is -0.462 e. The van der Waals surface area contributed by atoms with Crippen LogP contribution in [0.1, 0.15) is 22.2 Å². The number of nitrogen functional groups attached to an aromatic ring is 1. The molecule has 0 unspecified atom stereocenters. The molecule has 0 spiro atoms. The van der Waals surface area contributed by atoms with Gasteiger partial charge in [-0.3, -0.25) is 4.79 Å². The highest BCUT2D eigenvalue weighted by Crippen LogP contribution is 2.36. The van der Waals surface area contributed by atoms with E-state index in [1.807, 2.05) is 54.0 Å². The van der Waals surface area contributed by atoms with E-state index in [2.05, 4.69) is 0 Å². The van der Waals surface area contributed by atoms with Crippen molar-refractivity contribution in [1.82, 2.24) is 4.57 Å². The lowest BCUT2D eigenvalue weighted by Crippen LogP contribution is -2.10. The molecule has 5 nitrogen and oxygen atoms in total. The van der Waals surface area contributed by atoms with Crippen molar-refractivity contribution in [3.05, 3.63) is 69.2 Å². The number of nitrogens with two attached hydrogens (primary N) is 1. The molecule has 0 fully saturated rings. The van der Waals surface area contributed by atoms with E-state index in [0.29, 0.717) is 15.6 Å².